The summed E-state index contributed by atoms with van der Waals surface area (Å²) in [7, 11) is 0. The Kier molecular flexibility index (Phi) is 4.97. The minimum Gasteiger partial charge on any atom is -0.352 e. The highest BCUT2D eigenvalue weighted by Gasteiger charge is 2.11. The molecule has 1 saturated heterocycles. The van der Waals surface area contributed by atoms with Crippen LogP contribution < -0.4 is 5.32 Å². The van der Waals surface area contributed by atoms with E-state index in [2.05, 4.69) is 17.1 Å². The van der Waals surface area contributed by atoms with Crippen molar-refractivity contribution in [3.63, 3.8) is 0 Å². The molecule has 1 aromatic rings. The Hall–Kier alpha value is -1.35. The number of likely N-dealkylation sites (tertiary alicyclic amines) is 1. The standard InChI is InChI=1S/C16H24N2O/c1-13-6-7-15(12-14(13)2)16(19)17-8-5-11-18-9-3-4-10-18/h6-7,12H,3-5,8-11H2,1-2H3,(H,17,19). The van der Waals surface area contributed by atoms with Gasteiger partial charge in [-0.25, -0.2) is 0 Å². The summed E-state index contributed by atoms with van der Waals surface area (Å²) >= 11 is 0. The van der Waals surface area contributed by atoms with Gasteiger partial charge in [0.1, 0.15) is 0 Å². The molecule has 0 atom stereocenters. The minimum absolute atomic E-state index is 0.0459. The van der Waals surface area contributed by atoms with E-state index >= 15 is 0 Å². The highest BCUT2D eigenvalue weighted by molar-refractivity contribution is 5.94. The molecular formula is C16H24N2O. The third-order valence-electron chi connectivity index (χ3n) is 3.90. The second-order valence-corrected chi connectivity index (χ2v) is 5.46. The van der Waals surface area contributed by atoms with E-state index in [-0.39, 0.29) is 5.91 Å². The number of hydrogen-bond donors (Lipinski definition) is 1. The maximum Gasteiger partial charge on any atom is 0.251 e. The first-order valence-corrected chi connectivity index (χ1v) is 7.24. The van der Waals surface area contributed by atoms with Crippen LogP contribution in [0.3, 0.4) is 0 Å². The molecule has 0 saturated carbocycles. The Morgan fingerprint density at radius 2 is 1.95 bits per heavy atom. The summed E-state index contributed by atoms with van der Waals surface area (Å²) in [5.41, 5.74) is 3.17. The molecular weight excluding hydrogens is 236 g/mol. The monoisotopic (exact) mass is 260 g/mol. The lowest BCUT2D eigenvalue weighted by molar-refractivity contribution is 0.0952. The van der Waals surface area contributed by atoms with Gasteiger partial charge in [0.25, 0.3) is 5.91 Å². The summed E-state index contributed by atoms with van der Waals surface area (Å²) in [4.78, 5) is 14.5. The third kappa shape index (κ3) is 4.06. The normalized spacial score (nSPS) is 15.7. The summed E-state index contributed by atoms with van der Waals surface area (Å²) in [5.74, 6) is 0.0459. The molecule has 0 radical (unpaired) electrons. The molecule has 0 aliphatic carbocycles. The molecule has 3 nitrogen and oxygen atoms in total. The molecule has 2 rings (SSSR count). The van der Waals surface area contributed by atoms with Crippen LogP contribution in [-0.2, 0) is 0 Å². The molecule has 1 N–H and O–H groups in total. The molecule has 1 aliphatic rings. The van der Waals surface area contributed by atoms with E-state index in [1.807, 2.05) is 25.1 Å². The fraction of sp³-hybridized carbons (Fsp3) is 0.562. The Bertz CT molecular complexity index is 436. The zero-order chi connectivity index (χ0) is 13.7. The van der Waals surface area contributed by atoms with Crippen molar-refractivity contribution in [3.05, 3.63) is 34.9 Å². The van der Waals surface area contributed by atoms with Crippen LogP contribution in [0.25, 0.3) is 0 Å². The molecule has 0 bridgehead atoms. The molecule has 1 amide bonds. The van der Waals surface area contributed by atoms with Crippen LogP contribution in [-0.4, -0.2) is 37.0 Å². The van der Waals surface area contributed by atoms with Gasteiger partial charge in [-0.15, -0.1) is 0 Å². The first-order chi connectivity index (χ1) is 9.16. The number of benzene rings is 1. The van der Waals surface area contributed by atoms with E-state index in [1.54, 1.807) is 0 Å². The first-order valence-electron chi connectivity index (χ1n) is 7.24. The van der Waals surface area contributed by atoms with Crippen molar-refractivity contribution in [2.24, 2.45) is 0 Å². The second-order valence-electron chi connectivity index (χ2n) is 5.46. The first kappa shape index (κ1) is 14.1. The van der Waals surface area contributed by atoms with Gasteiger partial charge in [0.15, 0.2) is 0 Å². The summed E-state index contributed by atoms with van der Waals surface area (Å²) in [6.45, 7) is 8.43. The number of nitrogens with zero attached hydrogens (tertiary/aromatic N) is 1. The molecule has 1 aliphatic heterocycles. The number of nitrogens with one attached hydrogen (secondary N) is 1. The van der Waals surface area contributed by atoms with Crippen LogP contribution in [0.15, 0.2) is 18.2 Å². The lowest BCUT2D eigenvalue weighted by atomic mass is 10.1. The zero-order valence-electron chi connectivity index (χ0n) is 12.0. The van der Waals surface area contributed by atoms with Crippen molar-refractivity contribution in [2.75, 3.05) is 26.2 Å². The zero-order valence-corrected chi connectivity index (χ0v) is 12.0. The second kappa shape index (κ2) is 6.71. The molecule has 104 valence electrons. The number of amides is 1. The van der Waals surface area contributed by atoms with Crippen LogP contribution in [0.1, 0.15) is 40.7 Å². The van der Waals surface area contributed by atoms with Gasteiger partial charge in [-0.1, -0.05) is 6.07 Å². The number of rotatable bonds is 5. The largest absolute Gasteiger partial charge is 0.352 e. The molecule has 1 heterocycles. The Morgan fingerprint density at radius 3 is 2.63 bits per heavy atom. The molecule has 0 aromatic heterocycles. The van der Waals surface area contributed by atoms with Crippen molar-refractivity contribution in [2.45, 2.75) is 33.1 Å². The summed E-state index contributed by atoms with van der Waals surface area (Å²) in [5, 5.41) is 3.00. The summed E-state index contributed by atoms with van der Waals surface area (Å²) in [6, 6.07) is 5.87. The van der Waals surface area contributed by atoms with Crippen molar-refractivity contribution in [1.29, 1.82) is 0 Å². The lowest BCUT2D eigenvalue weighted by Crippen LogP contribution is -2.28. The smallest absolute Gasteiger partial charge is 0.251 e. The van der Waals surface area contributed by atoms with Crippen LogP contribution in [0.2, 0.25) is 0 Å². The van der Waals surface area contributed by atoms with E-state index < -0.39 is 0 Å². The highest BCUT2D eigenvalue weighted by Crippen LogP contribution is 2.10. The van der Waals surface area contributed by atoms with Crippen LogP contribution in [0.4, 0.5) is 0 Å². The predicted molar refractivity (Wildman–Crippen MR) is 78.5 cm³/mol. The molecule has 1 fully saturated rings. The van der Waals surface area contributed by atoms with Gasteiger partial charge in [0.05, 0.1) is 0 Å². The van der Waals surface area contributed by atoms with Crippen molar-refractivity contribution >= 4 is 5.91 Å². The van der Waals surface area contributed by atoms with Crippen molar-refractivity contribution in [1.82, 2.24) is 10.2 Å². The van der Waals surface area contributed by atoms with Crippen molar-refractivity contribution < 1.29 is 4.79 Å². The fourth-order valence-electron chi connectivity index (χ4n) is 2.50. The maximum absolute atomic E-state index is 12.0. The third-order valence-corrected chi connectivity index (χ3v) is 3.90. The van der Waals surface area contributed by atoms with E-state index in [4.69, 9.17) is 0 Å². The molecule has 0 unspecified atom stereocenters. The summed E-state index contributed by atoms with van der Waals surface area (Å²) in [6.07, 6.45) is 3.70. The van der Waals surface area contributed by atoms with Gasteiger partial charge < -0.3 is 10.2 Å². The predicted octanol–water partition coefficient (Wildman–Crippen LogP) is 2.52. The van der Waals surface area contributed by atoms with Gasteiger partial charge in [0, 0.05) is 12.1 Å². The summed E-state index contributed by atoms with van der Waals surface area (Å²) < 4.78 is 0. The topological polar surface area (TPSA) is 32.3 Å². The van der Waals surface area contributed by atoms with Gasteiger partial charge >= 0.3 is 0 Å². The highest BCUT2D eigenvalue weighted by atomic mass is 16.1. The minimum atomic E-state index is 0.0459. The van der Waals surface area contributed by atoms with Gasteiger partial charge in [-0.3, -0.25) is 4.79 Å². The number of hydrogen-bond acceptors (Lipinski definition) is 2. The van der Waals surface area contributed by atoms with Crippen LogP contribution >= 0.6 is 0 Å². The Balaban J connectivity index is 1.72. The average molecular weight is 260 g/mol. The molecule has 0 spiro atoms. The SMILES string of the molecule is Cc1ccc(C(=O)NCCCN2CCCC2)cc1C. The van der Waals surface area contributed by atoms with Crippen molar-refractivity contribution in [3.8, 4) is 0 Å². The number of carbonyl (C=O) groups is 1. The van der Waals surface area contributed by atoms with Gasteiger partial charge in [-0.05, 0) is 76.0 Å². The molecule has 19 heavy (non-hydrogen) atoms. The molecule has 3 heteroatoms. The van der Waals surface area contributed by atoms with E-state index in [1.165, 1.54) is 37.1 Å². The average Bonchev–Trinajstić information content (AvgIpc) is 2.91. The van der Waals surface area contributed by atoms with Gasteiger partial charge in [0.2, 0.25) is 0 Å². The Labute approximate surface area is 116 Å². The lowest BCUT2D eigenvalue weighted by Gasteiger charge is -2.14. The molecule has 1 aromatic carbocycles. The van der Waals surface area contributed by atoms with Gasteiger partial charge in [-0.2, -0.15) is 0 Å². The van der Waals surface area contributed by atoms with E-state index in [0.717, 1.165) is 25.1 Å². The fourth-order valence-corrected chi connectivity index (χ4v) is 2.50. The van der Waals surface area contributed by atoms with Crippen LogP contribution in [0.5, 0.6) is 0 Å². The number of aryl methyl sites for hydroxylation is 2. The van der Waals surface area contributed by atoms with E-state index in [0.29, 0.717) is 0 Å². The van der Waals surface area contributed by atoms with E-state index in [9.17, 15) is 4.79 Å². The van der Waals surface area contributed by atoms with Crippen LogP contribution in [0, 0.1) is 13.8 Å². The number of carbonyl (C=O) groups excluding carboxylic acids is 1. The Morgan fingerprint density at radius 1 is 1.21 bits per heavy atom. The quantitative estimate of drug-likeness (QED) is 0.825. The maximum atomic E-state index is 12.0.